The van der Waals surface area contributed by atoms with Gasteiger partial charge in [-0.25, -0.2) is 0 Å². The van der Waals surface area contributed by atoms with Crippen molar-refractivity contribution in [1.29, 1.82) is 0 Å². The molecular formula is C15H23ClN2. The maximum Gasteiger partial charge on any atom is 0.0656 e. The number of nitrogens with zero attached hydrogens (tertiary/aromatic N) is 1. The maximum absolute atomic E-state index is 6.15. The third-order valence-corrected chi connectivity index (χ3v) is 4.39. The predicted molar refractivity (Wildman–Crippen MR) is 80.5 cm³/mol. The zero-order valence-corrected chi connectivity index (χ0v) is 12.1. The predicted octanol–water partition coefficient (Wildman–Crippen LogP) is 4.39. The summed E-state index contributed by atoms with van der Waals surface area (Å²) in [6.45, 7) is 2.11. The number of hydrogen-bond donors (Lipinski definition) is 1. The molecule has 0 aromatic heterocycles. The summed E-state index contributed by atoms with van der Waals surface area (Å²) >= 11 is 6.15. The molecule has 2 N–H and O–H groups in total. The average Bonchev–Trinajstić information content (AvgIpc) is 2.61. The Balaban J connectivity index is 2.21. The molecule has 0 radical (unpaired) electrons. The summed E-state index contributed by atoms with van der Waals surface area (Å²) in [5.74, 6) is 0. The number of hydrogen-bond acceptors (Lipinski definition) is 2. The highest BCUT2D eigenvalue weighted by molar-refractivity contribution is 6.33. The molecule has 0 amide bonds. The van der Waals surface area contributed by atoms with Crippen molar-refractivity contribution in [2.45, 2.75) is 51.5 Å². The molecular weight excluding hydrogens is 244 g/mol. The molecule has 1 aliphatic rings. The van der Waals surface area contributed by atoms with Gasteiger partial charge in [0.05, 0.1) is 10.7 Å². The number of nitrogens with two attached hydrogens (primary N) is 1. The second-order valence-electron chi connectivity index (χ2n) is 5.42. The highest BCUT2D eigenvalue weighted by Crippen LogP contribution is 2.32. The molecule has 100 valence electrons. The molecule has 2 rings (SSSR count). The Morgan fingerprint density at radius 1 is 1.17 bits per heavy atom. The minimum absolute atomic E-state index is 0.644. The molecule has 0 unspecified atom stereocenters. The molecule has 3 heteroatoms. The van der Waals surface area contributed by atoms with Gasteiger partial charge in [-0.1, -0.05) is 37.3 Å². The Labute approximate surface area is 115 Å². The van der Waals surface area contributed by atoms with Crippen molar-refractivity contribution in [3.8, 4) is 0 Å². The first-order valence-corrected chi connectivity index (χ1v) is 7.26. The van der Waals surface area contributed by atoms with Crippen molar-refractivity contribution in [1.82, 2.24) is 0 Å². The van der Waals surface area contributed by atoms with Crippen molar-refractivity contribution < 1.29 is 0 Å². The lowest BCUT2D eigenvalue weighted by Crippen LogP contribution is -2.31. The lowest BCUT2D eigenvalue weighted by atomic mass is 10.0. The number of rotatable bonds is 2. The third-order valence-electron chi connectivity index (χ3n) is 4.07. The Kier molecular flexibility index (Phi) is 4.39. The normalized spacial score (nSPS) is 17.5. The zero-order valence-electron chi connectivity index (χ0n) is 11.4. The summed E-state index contributed by atoms with van der Waals surface area (Å²) < 4.78 is 0. The summed E-state index contributed by atoms with van der Waals surface area (Å²) in [5.41, 5.74) is 8.95. The number of nitrogen functional groups attached to an aromatic ring is 1. The van der Waals surface area contributed by atoms with E-state index in [4.69, 9.17) is 17.3 Å². The number of halogens is 1. The topological polar surface area (TPSA) is 29.3 Å². The van der Waals surface area contributed by atoms with Crippen molar-refractivity contribution in [3.05, 3.63) is 22.7 Å². The SMILES string of the molecule is Cc1cc(N)c(Cl)cc1N(C)C1CCCCCC1. The Morgan fingerprint density at radius 3 is 2.39 bits per heavy atom. The molecule has 1 aliphatic carbocycles. The lowest BCUT2D eigenvalue weighted by Gasteiger charge is -2.31. The van der Waals surface area contributed by atoms with Crippen LogP contribution in [0.1, 0.15) is 44.1 Å². The van der Waals surface area contributed by atoms with E-state index in [-0.39, 0.29) is 0 Å². The quantitative estimate of drug-likeness (QED) is 0.635. The van der Waals surface area contributed by atoms with E-state index in [9.17, 15) is 0 Å². The number of anilines is 2. The molecule has 18 heavy (non-hydrogen) atoms. The zero-order chi connectivity index (χ0) is 13.1. The molecule has 2 nitrogen and oxygen atoms in total. The third kappa shape index (κ3) is 2.92. The molecule has 1 aromatic rings. The molecule has 0 atom stereocenters. The van der Waals surface area contributed by atoms with Gasteiger partial charge in [0, 0.05) is 18.8 Å². The van der Waals surface area contributed by atoms with E-state index in [0.29, 0.717) is 16.8 Å². The Morgan fingerprint density at radius 2 is 1.78 bits per heavy atom. The van der Waals surface area contributed by atoms with Crippen molar-refractivity contribution in [3.63, 3.8) is 0 Å². The van der Waals surface area contributed by atoms with Gasteiger partial charge >= 0.3 is 0 Å². The summed E-state index contributed by atoms with van der Waals surface area (Å²) in [5, 5.41) is 0.663. The fraction of sp³-hybridized carbons (Fsp3) is 0.600. The van der Waals surface area contributed by atoms with Crippen LogP contribution in [0.15, 0.2) is 12.1 Å². The van der Waals surface area contributed by atoms with E-state index >= 15 is 0 Å². The summed E-state index contributed by atoms with van der Waals surface area (Å²) in [4.78, 5) is 2.39. The molecule has 0 spiro atoms. The van der Waals surface area contributed by atoms with E-state index in [1.807, 2.05) is 12.1 Å². The van der Waals surface area contributed by atoms with Crippen LogP contribution in [0.3, 0.4) is 0 Å². The first-order valence-electron chi connectivity index (χ1n) is 6.88. The van der Waals surface area contributed by atoms with Gasteiger partial charge in [-0.05, 0) is 37.5 Å². The van der Waals surface area contributed by atoms with Crippen LogP contribution >= 0.6 is 11.6 Å². The van der Waals surface area contributed by atoms with Gasteiger partial charge in [-0.3, -0.25) is 0 Å². The minimum Gasteiger partial charge on any atom is -0.398 e. The van der Waals surface area contributed by atoms with Crippen molar-refractivity contribution in [2.75, 3.05) is 17.7 Å². The summed E-state index contributed by atoms with van der Waals surface area (Å²) in [6, 6.07) is 4.63. The molecule has 1 aromatic carbocycles. The van der Waals surface area contributed by atoms with Gasteiger partial charge in [0.25, 0.3) is 0 Å². The first-order chi connectivity index (χ1) is 8.59. The summed E-state index contributed by atoms with van der Waals surface area (Å²) in [7, 11) is 2.19. The van der Waals surface area contributed by atoms with Crippen LogP contribution in [0.2, 0.25) is 5.02 Å². The van der Waals surface area contributed by atoms with E-state index in [2.05, 4.69) is 18.9 Å². The Bertz CT molecular complexity index is 409. The molecule has 0 bridgehead atoms. The molecule has 0 saturated heterocycles. The fourth-order valence-electron chi connectivity index (χ4n) is 2.92. The average molecular weight is 267 g/mol. The van der Waals surface area contributed by atoms with Gasteiger partial charge < -0.3 is 10.6 Å². The van der Waals surface area contributed by atoms with Crippen LogP contribution in [0, 0.1) is 6.92 Å². The fourth-order valence-corrected chi connectivity index (χ4v) is 3.07. The van der Waals surface area contributed by atoms with Crippen molar-refractivity contribution in [2.24, 2.45) is 0 Å². The van der Waals surface area contributed by atoms with Gasteiger partial charge in [0.15, 0.2) is 0 Å². The van der Waals surface area contributed by atoms with Gasteiger partial charge in [0.2, 0.25) is 0 Å². The van der Waals surface area contributed by atoms with E-state index < -0.39 is 0 Å². The second kappa shape index (κ2) is 5.83. The van der Waals surface area contributed by atoms with Crippen LogP contribution < -0.4 is 10.6 Å². The van der Waals surface area contributed by atoms with Gasteiger partial charge in [0.1, 0.15) is 0 Å². The maximum atomic E-state index is 6.15. The highest BCUT2D eigenvalue weighted by atomic mass is 35.5. The van der Waals surface area contributed by atoms with Crippen molar-refractivity contribution >= 4 is 23.0 Å². The molecule has 1 saturated carbocycles. The van der Waals surface area contributed by atoms with Crippen LogP contribution in [0.4, 0.5) is 11.4 Å². The standard InChI is InChI=1S/C15H23ClN2/c1-11-9-14(17)13(16)10-15(11)18(2)12-7-5-3-4-6-8-12/h9-10,12H,3-8,17H2,1-2H3. The van der Waals surface area contributed by atoms with Crippen LogP contribution in [0.5, 0.6) is 0 Å². The van der Waals surface area contributed by atoms with E-state index in [1.165, 1.54) is 49.8 Å². The van der Waals surface area contributed by atoms with Crippen LogP contribution in [-0.4, -0.2) is 13.1 Å². The van der Waals surface area contributed by atoms with E-state index in [0.717, 1.165) is 0 Å². The molecule has 0 heterocycles. The molecule has 1 fully saturated rings. The van der Waals surface area contributed by atoms with Crippen LogP contribution in [0.25, 0.3) is 0 Å². The summed E-state index contributed by atoms with van der Waals surface area (Å²) in [6.07, 6.45) is 8.03. The minimum atomic E-state index is 0.644. The van der Waals surface area contributed by atoms with E-state index in [1.54, 1.807) is 0 Å². The Hall–Kier alpha value is -0.890. The van der Waals surface area contributed by atoms with Gasteiger partial charge in [-0.15, -0.1) is 0 Å². The number of aryl methyl sites for hydroxylation is 1. The highest BCUT2D eigenvalue weighted by Gasteiger charge is 2.19. The second-order valence-corrected chi connectivity index (χ2v) is 5.82. The smallest absolute Gasteiger partial charge is 0.0656 e. The monoisotopic (exact) mass is 266 g/mol. The largest absolute Gasteiger partial charge is 0.398 e. The molecule has 0 aliphatic heterocycles. The van der Waals surface area contributed by atoms with Crippen LogP contribution in [-0.2, 0) is 0 Å². The lowest BCUT2D eigenvalue weighted by molar-refractivity contribution is 0.552. The van der Waals surface area contributed by atoms with Gasteiger partial charge in [-0.2, -0.15) is 0 Å². The first kappa shape index (κ1) is 13.5. The number of benzene rings is 1.